The van der Waals surface area contributed by atoms with E-state index in [1.54, 1.807) is 35.1 Å². The maximum Gasteiger partial charge on any atom is 0.240 e. The quantitative estimate of drug-likeness (QED) is 0.237. The zero-order chi connectivity index (χ0) is 28.3. The summed E-state index contributed by atoms with van der Waals surface area (Å²) in [6.45, 7) is 0.00112. The van der Waals surface area contributed by atoms with Crippen molar-refractivity contribution in [3.8, 4) is 16.3 Å². The standard InChI is InChI=1S/C30H23ClFN5O2S2/c31-22-7-1-2-8-23(22)37-30-27(28(35-37)24-9-5-15-40-24)29(19-10-12-20(32)13-11-19)41-18-26(39)36(30)17-25(38)34-16-21-6-3-4-14-33-21/h1-15,29H,16-18H2,(H,34,38)/t29-/m1/s1. The van der Waals surface area contributed by atoms with Crippen LogP contribution in [-0.4, -0.2) is 38.9 Å². The van der Waals surface area contributed by atoms with Crippen LogP contribution < -0.4 is 10.2 Å². The van der Waals surface area contributed by atoms with Gasteiger partial charge in [0.2, 0.25) is 11.8 Å². The Kier molecular flexibility index (Phi) is 7.86. The summed E-state index contributed by atoms with van der Waals surface area (Å²) in [6.07, 6.45) is 1.66. The van der Waals surface area contributed by atoms with Crippen molar-refractivity contribution in [1.29, 1.82) is 0 Å². The minimum Gasteiger partial charge on any atom is -0.349 e. The highest BCUT2D eigenvalue weighted by Crippen LogP contribution is 2.49. The van der Waals surface area contributed by atoms with Crippen LogP contribution in [-0.2, 0) is 16.1 Å². The number of carbonyl (C=O) groups is 2. The number of rotatable bonds is 7. The number of nitrogens with one attached hydrogen (secondary N) is 1. The Bertz CT molecular complexity index is 1690. The van der Waals surface area contributed by atoms with E-state index in [2.05, 4.69) is 10.3 Å². The summed E-state index contributed by atoms with van der Waals surface area (Å²) in [5, 5.41) is 9.92. The van der Waals surface area contributed by atoms with Crippen molar-refractivity contribution in [3.05, 3.63) is 118 Å². The maximum atomic E-state index is 13.9. The smallest absolute Gasteiger partial charge is 0.240 e. The molecule has 11 heteroatoms. The van der Waals surface area contributed by atoms with Crippen LogP contribution in [0.3, 0.4) is 0 Å². The van der Waals surface area contributed by atoms with E-state index in [1.165, 1.54) is 40.1 Å². The Morgan fingerprint density at radius 1 is 1.05 bits per heavy atom. The summed E-state index contributed by atoms with van der Waals surface area (Å²) < 4.78 is 15.6. The Hall–Kier alpha value is -3.99. The number of thioether (sulfide) groups is 1. The second kappa shape index (κ2) is 11.9. The minimum absolute atomic E-state index is 0.108. The number of aromatic nitrogens is 3. The van der Waals surface area contributed by atoms with Crippen molar-refractivity contribution in [2.75, 3.05) is 17.2 Å². The molecule has 2 amide bonds. The van der Waals surface area contributed by atoms with E-state index in [1.807, 2.05) is 47.8 Å². The molecule has 41 heavy (non-hydrogen) atoms. The monoisotopic (exact) mass is 603 g/mol. The van der Waals surface area contributed by atoms with Crippen LogP contribution >= 0.6 is 34.7 Å². The van der Waals surface area contributed by atoms with Gasteiger partial charge in [0.25, 0.3) is 0 Å². The van der Waals surface area contributed by atoms with Gasteiger partial charge in [0, 0.05) is 11.8 Å². The summed E-state index contributed by atoms with van der Waals surface area (Å²) in [6, 6.07) is 22.9. The molecule has 0 unspecified atom stereocenters. The molecule has 206 valence electrons. The number of hydrogen-bond acceptors (Lipinski definition) is 6. The van der Waals surface area contributed by atoms with Gasteiger partial charge in [-0.1, -0.05) is 48.0 Å². The number of amides is 2. The average Bonchev–Trinajstić information content (AvgIpc) is 3.63. The largest absolute Gasteiger partial charge is 0.349 e. The van der Waals surface area contributed by atoms with Crippen molar-refractivity contribution < 1.29 is 14.0 Å². The van der Waals surface area contributed by atoms with Crippen LogP contribution in [0.1, 0.15) is 22.1 Å². The number of hydrogen-bond donors (Lipinski definition) is 1. The van der Waals surface area contributed by atoms with Crippen LogP contribution in [0.4, 0.5) is 10.2 Å². The fourth-order valence-electron chi connectivity index (χ4n) is 4.70. The Morgan fingerprint density at radius 2 is 1.85 bits per heavy atom. The second-order valence-corrected chi connectivity index (χ2v) is 11.7. The number of benzene rings is 2. The summed E-state index contributed by atoms with van der Waals surface area (Å²) in [5.41, 5.74) is 3.53. The van der Waals surface area contributed by atoms with Gasteiger partial charge in [-0.15, -0.1) is 23.1 Å². The first kappa shape index (κ1) is 27.2. The predicted octanol–water partition coefficient (Wildman–Crippen LogP) is 6.27. The molecule has 2 aromatic carbocycles. The highest BCUT2D eigenvalue weighted by molar-refractivity contribution is 8.00. The van der Waals surface area contributed by atoms with E-state index in [9.17, 15) is 14.0 Å². The van der Waals surface area contributed by atoms with Crippen LogP contribution in [0.15, 0.2) is 90.4 Å². The first-order chi connectivity index (χ1) is 20.0. The third-order valence-corrected chi connectivity index (χ3v) is 9.04. The molecule has 0 aliphatic carbocycles. The fourth-order valence-corrected chi connectivity index (χ4v) is 6.84. The van der Waals surface area contributed by atoms with Gasteiger partial charge in [-0.3, -0.25) is 19.5 Å². The third-order valence-electron chi connectivity index (χ3n) is 6.59. The summed E-state index contributed by atoms with van der Waals surface area (Å²) in [5.74, 6) is -0.375. The van der Waals surface area contributed by atoms with Gasteiger partial charge in [-0.2, -0.15) is 5.10 Å². The SMILES string of the molecule is O=C(CN1C(=O)CS[C@H](c2ccc(F)cc2)c2c(-c3cccs3)nn(-c3ccccc3Cl)c21)NCc1ccccn1. The molecular formula is C30H23ClFN5O2S2. The molecule has 4 heterocycles. The van der Waals surface area contributed by atoms with Gasteiger partial charge in [0.15, 0.2) is 0 Å². The van der Waals surface area contributed by atoms with E-state index < -0.39 is 0 Å². The van der Waals surface area contributed by atoms with Crippen LogP contribution in [0.5, 0.6) is 0 Å². The molecule has 0 saturated heterocycles. The molecule has 1 atom stereocenters. The van der Waals surface area contributed by atoms with E-state index in [-0.39, 0.29) is 41.7 Å². The Labute approximate surface area is 249 Å². The predicted molar refractivity (Wildman–Crippen MR) is 161 cm³/mol. The van der Waals surface area contributed by atoms with Crippen molar-refractivity contribution in [2.24, 2.45) is 0 Å². The molecule has 1 N–H and O–H groups in total. The second-order valence-electron chi connectivity index (χ2n) is 9.25. The molecule has 1 aliphatic rings. The van der Waals surface area contributed by atoms with E-state index >= 15 is 0 Å². The number of nitrogens with zero attached hydrogens (tertiary/aromatic N) is 4. The van der Waals surface area contributed by atoms with Crippen molar-refractivity contribution in [3.63, 3.8) is 0 Å². The van der Waals surface area contributed by atoms with Crippen LogP contribution in [0, 0.1) is 5.82 Å². The topological polar surface area (TPSA) is 80.1 Å². The molecule has 0 bridgehead atoms. The van der Waals surface area contributed by atoms with Crippen LogP contribution in [0.2, 0.25) is 5.02 Å². The lowest BCUT2D eigenvalue weighted by Gasteiger charge is -2.23. The van der Waals surface area contributed by atoms with Crippen molar-refractivity contribution >= 4 is 52.3 Å². The summed E-state index contributed by atoms with van der Waals surface area (Å²) in [4.78, 5) is 33.7. The lowest BCUT2D eigenvalue weighted by molar-refractivity contribution is -0.123. The lowest BCUT2D eigenvalue weighted by Crippen LogP contribution is -2.42. The molecule has 0 spiro atoms. The molecule has 3 aromatic heterocycles. The van der Waals surface area contributed by atoms with Gasteiger partial charge in [-0.05, 0) is 53.4 Å². The molecule has 7 nitrogen and oxygen atoms in total. The first-order valence-corrected chi connectivity index (χ1v) is 15.1. The number of fused-ring (bicyclic) bond motifs is 1. The summed E-state index contributed by atoms with van der Waals surface area (Å²) >= 11 is 9.60. The van der Waals surface area contributed by atoms with Crippen molar-refractivity contribution in [2.45, 2.75) is 11.8 Å². The van der Waals surface area contributed by atoms with E-state index in [4.69, 9.17) is 16.7 Å². The van der Waals surface area contributed by atoms with E-state index in [0.29, 0.717) is 27.9 Å². The number of thiophene rings is 1. The molecular weight excluding hydrogens is 581 g/mol. The molecule has 6 rings (SSSR count). The first-order valence-electron chi connectivity index (χ1n) is 12.8. The number of pyridine rings is 1. The average molecular weight is 604 g/mol. The van der Waals surface area contributed by atoms with Gasteiger partial charge in [-0.25, -0.2) is 9.07 Å². The third kappa shape index (κ3) is 5.63. The zero-order valence-electron chi connectivity index (χ0n) is 21.5. The molecule has 1 aliphatic heterocycles. The highest BCUT2D eigenvalue weighted by atomic mass is 35.5. The van der Waals surface area contributed by atoms with Gasteiger partial charge in [0.05, 0.1) is 38.8 Å². The zero-order valence-corrected chi connectivity index (χ0v) is 23.9. The van der Waals surface area contributed by atoms with Gasteiger partial charge >= 0.3 is 0 Å². The normalized spacial score (nSPS) is 14.9. The molecule has 0 radical (unpaired) electrons. The fraction of sp³-hybridized carbons (Fsp3) is 0.133. The molecule has 5 aromatic rings. The number of halogens is 2. The van der Waals surface area contributed by atoms with Gasteiger partial charge < -0.3 is 5.32 Å². The minimum atomic E-state index is -0.357. The van der Waals surface area contributed by atoms with E-state index in [0.717, 1.165) is 16.0 Å². The van der Waals surface area contributed by atoms with Crippen LogP contribution in [0.25, 0.3) is 16.3 Å². The number of para-hydroxylation sites is 1. The highest BCUT2D eigenvalue weighted by Gasteiger charge is 2.38. The van der Waals surface area contributed by atoms with Crippen molar-refractivity contribution in [1.82, 2.24) is 20.1 Å². The number of anilines is 1. The Morgan fingerprint density at radius 3 is 2.59 bits per heavy atom. The molecule has 0 fully saturated rings. The molecule has 0 saturated carbocycles. The Balaban J connectivity index is 1.51. The van der Waals surface area contributed by atoms with Gasteiger partial charge in [0.1, 0.15) is 23.9 Å². The lowest BCUT2D eigenvalue weighted by atomic mass is 10.0. The number of carbonyl (C=O) groups excluding carboxylic acids is 2. The summed E-state index contributed by atoms with van der Waals surface area (Å²) in [7, 11) is 0. The maximum absolute atomic E-state index is 13.9.